The summed E-state index contributed by atoms with van der Waals surface area (Å²) in [6.45, 7) is 3.04. The van der Waals surface area contributed by atoms with Gasteiger partial charge in [0.25, 0.3) is 5.91 Å². The smallest absolute Gasteiger partial charge is 0.313 e. The molecule has 0 spiro atoms. The highest BCUT2D eigenvalue weighted by Gasteiger charge is 2.45. The van der Waals surface area contributed by atoms with Crippen LogP contribution in [0, 0.1) is 5.41 Å². The van der Waals surface area contributed by atoms with Crippen molar-refractivity contribution in [2.24, 2.45) is 10.5 Å². The number of piperidine rings is 1. The summed E-state index contributed by atoms with van der Waals surface area (Å²) >= 11 is 0. The topological polar surface area (TPSA) is 79.3 Å². The van der Waals surface area contributed by atoms with Crippen molar-refractivity contribution >= 4 is 23.5 Å². The van der Waals surface area contributed by atoms with Crippen molar-refractivity contribution in [1.82, 2.24) is 9.91 Å². The van der Waals surface area contributed by atoms with E-state index in [1.807, 2.05) is 30.3 Å². The van der Waals surface area contributed by atoms with Gasteiger partial charge in [0.1, 0.15) is 5.71 Å². The van der Waals surface area contributed by atoms with Gasteiger partial charge in [0.05, 0.1) is 12.0 Å². The minimum atomic E-state index is -0.712. The van der Waals surface area contributed by atoms with Crippen LogP contribution in [0.1, 0.15) is 44.6 Å². The van der Waals surface area contributed by atoms with Gasteiger partial charge in [-0.2, -0.15) is 5.10 Å². The largest absolute Gasteiger partial charge is 0.466 e. The molecule has 2 heterocycles. The quantitative estimate of drug-likeness (QED) is 0.688. The van der Waals surface area contributed by atoms with Gasteiger partial charge in [-0.05, 0) is 38.2 Å². The molecule has 1 unspecified atom stereocenters. The number of benzene rings is 1. The van der Waals surface area contributed by atoms with Crippen LogP contribution >= 0.6 is 0 Å². The van der Waals surface area contributed by atoms with Crippen molar-refractivity contribution in [3.63, 3.8) is 0 Å². The van der Waals surface area contributed by atoms with Crippen LogP contribution in [0.2, 0.25) is 0 Å². The number of amides is 2. The lowest BCUT2D eigenvalue weighted by molar-refractivity contribution is -0.160. The first-order valence-electron chi connectivity index (χ1n) is 10.3. The van der Waals surface area contributed by atoms with Crippen LogP contribution in [0.15, 0.2) is 35.4 Å². The maximum absolute atomic E-state index is 13.1. The van der Waals surface area contributed by atoms with Gasteiger partial charge in [-0.1, -0.05) is 30.3 Å². The van der Waals surface area contributed by atoms with Crippen molar-refractivity contribution < 1.29 is 19.1 Å². The molecule has 7 nitrogen and oxygen atoms in total. The highest BCUT2D eigenvalue weighted by Crippen LogP contribution is 2.36. The number of esters is 1. The molecule has 0 radical (unpaired) electrons. The second-order valence-electron chi connectivity index (χ2n) is 7.78. The van der Waals surface area contributed by atoms with Crippen LogP contribution in [-0.2, 0) is 25.5 Å². The molecular weight excluding hydrogens is 370 g/mol. The molecule has 2 aliphatic heterocycles. The van der Waals surface area contributed by atoms with E-state index in [2.05, 4.69) is 5.10 Å². The van der Waals surface area contributed by atoms with Crippen LogP contribution in [0.4, 0.5) is 0 Å². The third-order valence-electron chi connectivity index (χ3n) is 5.76. The van der Waals surface area contributed by atoms with Crippen LogP contribution in [-0.4, -0.2) is 60.1 Å². The molecule has 2 aliphatic rings. The van der Waals surface area contributed by atoms with E-state index in [1.165, 1.54) is 5.01 Å². The summed E-state index contributed by atoms with van der Waals surface area (Å²) in [5.41, 5.74) is 0.836. The second-order valence-corrected chi connectivity index (χ2v) is 7.78. The van der Waals surface area contributed by atoms with Crippen molar-refractivity contribution in [3.8, 4) is 0 Å². The van der Waals surface area contributed by atoms with E-state index in [-0.39, 0.29) is 24.2 Å². The van der Waals surface area contributed by atoms with E-state index in [4.69, 9.17) is 4.74 Å². The fraction of sp³-hybridized carbons (Fsp3) is 0.545. The third-order valence-corrected chi connectivity index (χ3v) is 5.76. The standard InChI is InChI=1S/C22H29N3O4/c1-3-29-21(28)22(14-12-17-8-5-4-6-9-17)13-7-15-25(16-22)20(27)18-10-11-19(26)24(2)23-18/h4-6,8-9H,3,7,10-16H2,1-2H3. The number of hydrogen-bond acceptors (Lipinski definition) is 5. The zero-order valence-electron chi connectivity index (χ0n) is 17.2. The zero-order valence-corrected chi connectivity index (χ0v) is 17.2. The van der Waals surface area contributed by atoms with Crippen molar-refractivity contribution in [1.29, 1.82) is 0 Å². The number of rotatable bonds is 6. The molecule has 2 amide bonds. The van der Waals surface area contributed by atoms with Crippen LogP contribution < -0.4 is 0 Å². The summed E-state index contributed by atoms with van der Waals surface area (Å²) in [7, 11) is 1.56. The molecule has 0 saturated carbocycles. The number of hydrazone groups is 1. The predicted octanol–water partition coefficient (Wildman–Crippen LogP) is 2.40. The Morgan fingerprint density at radius 3 is 2.66 bits per heavy atom. The first kappa shape index (κ1) is 21.0. The SMILES string of the molecule is CCOC(=O)C1(CCc2ccccc2)CCCN(C(=O)C2=NN(C)C(=O)CC2)C1. The van der Waals surface area contributed by atoms with E-state index < -0.39 is 5.41 Å². The third kappa shape index (κ3) is 4.83. The van der Waals surface area contributed by atoms with Crippen LogP contribution in [0.5, 0.6) is 0 Å². The fourth-order valence-corrected chi connectivity index (χ4v) is 4.10. The van der Waals surface area contributed by atoms with Crippen LogP contribution in [0.25, 0.3) is 0 Å². The average Bonchev–Trinajstić information content (AvgIpc) is 2.75. The number of carbonyl (C=O) groups is 3. The van der Waals surface area contributed by atoms with E-state index >= 15 is 0 Å². The monoisotopic (exact) mass is 399 g/mol. The van der Waals surface area contributed by atoms with Gasteiger partial charge in [0, 0.05) is 33.0 Å². The van der Waals surface area contributed by atoms with Gasteiger partial charge in [-0.25, -0.2) is 5.01 Å². The fourth-order valence-electron chi connectivity index (χ4n) is 4.10. The Hall–Kier alpha value is -2.70. The second kappa shape index (κ2) is 9.20. The van der Waals surface area contributed by atoms with E-state index in [0.717, 1.165) is 18.4 Å². The molecule has 1 aromatic carbocycles. The Morgan fingerprint density at radius 2 is 1.97 bits per heavy atom. The summed E-state index contributed by atoms with van der Waals surface area (Å²) in [5.74, 6) is -0.507. The number of carbonyl (C=O) groups excluding carboxylic acids is 3. The molecule has 1 aromatic rings. The number of nitrogens with zero attached hydrogens (tertiary/aromatic N) is 3. The van der Waals surface area contributed by atoms with Gasteiger partial charge in [-0.3, -0.25) is 14.4 Å². The van der Waals surface area contributed by atoms with Gasteiger partial charge < -0.3 is 9.64 Å². The minimum Gasteiger partial charge on any atom is -0.466 e. The normalized spacial score (nSPS) is 22.3. The molecular formula is C22H29N3O4. The molecule has 1 fully saturated rings. The van der Waals surface area contributed by atoms with E-state index in [1.54, 1.807) is 18.9 Å². The van der Waals surface area contributed by atoms with Crippen molar-refractivity contribution in [2.45, 2.75) is 45.4 Å². The summed E-state index contributed by atoms with van der Waals surface area (Å²) in [6.07, 6.45) is 3.44. The first-order chi connectivity index (χ1) is 13.9. The van der Waals surface area contributed by atoms with Gasteiger partial charge >= 0.3 is 5.97 Å². The number of ether oxygens (including phenoxy) is 1. The Labute approximate surface area is 171 Å². The van der Waals surface area contributed by atoms with Gasteiger partial charge in [0.15, 0.2) is 0 Å². The van der Waals surface area contributed by atoms with Gasteiger partial charge in [-0.15, -0.1) is 0 Å². The van der Waals surface area contributed by atoms with Crippen molar-refractivity contribution in [3.05, 3.63) is 35.9 Å². The minimum absolute atomic E-state index is 0.0936. The molecule has 7 heteroatoms. The number of hydrogen-bond donors (Lipinski definition) is 0. The number of aryl methyl sites for hydroxylation is 1. The molecule has 1 atom stereocenters. The number of likely N-dealkylation sites (tertiary alicyclic amines) is 1. The lowest BCUT2D eigenvalue weighted by atomic mass is 9.75. The summed E-state index contributed by atoms with van der Waals surface area (Å²) in [5, 5.41) is 5.38. The molecule has 156 valence electrons. The predicted molar refractivity (Wildman–Crippen MR) is 109 cm³/mol. The summed E-state index contributed by atoms with van der Waals surface area (Å²) in [4.78, 5) is 39.4. The maximum Gasteiger partial charge on any atom is 0.313 e. The Bertz CT molecular complexity index is 793. The summed E-state index contributed by atoms with van der Waals surface area (Å²) in [6, 6.07) is 10.0. The Morgan fingerprint density at radius 1 is 1.21 bits per heavy atom. The molecule has 1 saturated heterocycles. The average molecular weight is 399 g/mol. The molecule has 3 rings (SSSR count). The Kier molecular flexibility index (Phi) is 6.67. The van der Waals surface area contributed by atoms with E-state index in [0.29, 0.717) is 44.7 Å². The van der Waals surface area contributed by atoms with Gasteiger partial charge in [0.2, 0.25) is 5.91 Å². The highest BCUT2D eigenvalue weighted by atomic mass is 16.5. The summed E-state index contributed by atoms with van der Waals surface area (Å²) < 4.78 is 5.42. The first-order valence-corrected chi connectivity index (χ1v) is 10.3. The maximum atomic E-state index is 13.1. The molecule has 0 N–H and O–H groups in total. The highest BCUT2D eigenvalue weighted by molar-refractivity contribution is 6.39. The molecule has 0 aromatic heterocycles. The Balaban J connectivity index is 1.77. The molecule has 0 aliphatic carbocycles. The van der Waals surface area contributed by atoms with E-state index in [9.17, 15) is 14.4 Å². The van der Waals surface area contributed by atoms with Crippen LogP contribution in [0.3, 0.4) is 0 Å². The zero-order chi connectivity index (χ0) is 20.9. The lowest BCUT2D eigenvalue weighted by Gasteiger charge is -2.41. The lowest BCUT2D eigenvalue weighted by Crippen LogP contribution is -2.53. The van der Waals surface area contributed by atoms with Crippen molar-refractivity contribution in [2.75, 3.05) is 26.7 Å². The molecule has 29 heavy (non-hydrogen) atoms. The molecule has 0 bridgehead atoms.